The van der Waals surface area contributed by atoms with Crippen LogP contribution in [-0.4, -0.2) is 36.5 Å². The molecule has 1 N–H and O–H groups in total. The average molecular weight is 380 g/mol. The number of benzene rings is 2. The molecule has 150 valence electrons. The fraction of sp³-hybridized carbons (Fsp3) is 0.458. The van der Waals surface area contributed by atoms with Gasteiger partial charge >= 0.3 is 0 Å². The molecule has 0 aliphatic carbocycles. The van der Waals surface area contributed by atoms with Gasteiger partial charge in [-0.15, -0.1) is 0 Å². The van der Waals surface area contributed by atoms with Crippen LogP contribution in [0.5, 0.6) is 0 Å². The lowest BCUT2D eigenvalue weighted by atomic mass is 10.1. The SMILES string of the molecule is CCN(Cc1ccc(C(=O)Nc2cccc(N3CCCCC3)c2)cc1)C(C)C. The maximum Gasteiger partial charge on any atom is 0.255 e. The Morgan fingerprint density at radius 3 is 2.43 bits per heavy atom. The molecule has 1 aliphatic rings. The second kappa shape index (κ2) is 9.74. The van der Waals surface area contributed by atoms with Gasteiger partial charge in [0.15, 0.2) is 0 Å². The molecule has 1 fully saturated rings. The Bertz CT molecular complexity index is 764. The number of anilines is 2. The average Bonchev–Trinajstić information content (AvgIpc) is 2.73. The smallest absolute Gasteiger partial charge is 0.255 e. The number of piperidine rings is 1. The Balaban J connectivity index is 1.63. The number of hydrogen-bond acceptors (Lipinski definition) is 3. The van der Waals surface area contributed by atoms with Crippen LogP contribution in [0.25, 0.3) is 0 Å². The Kier molecular flexibility index (Phi) is 7.10. The van der Waals surface area contributed by atoms with Crippen molar-refractivity contribution in [3.05, 3.63) is 59.7 Å². The van der Waals surface area contributed by atoms with Crippen molar-refractivity contribution in [3.63, 3.8) is 0 Å². The first-order valence-corrected chi connectivity index (χ1v) is 10.6. The largest absolute Gasteiger partial charge is 0.371 e. The fourth-order valence-electron chi connectivity index (χ4n) is 3.79. The van der Waals surface area contributed by atoms with Crippen LogP contribution in [0.4, 0.5) is 11.4 Å². The minimum absolute atomic E-state index is 0.0569. The van der Waals surface area contributed by atoms with E-state index in [1.54, 1.807) is 0 Å². The summed E-state index contributed by atoms with van der Waals surface area (Å²) in [6.07, 6.45) is 3.81. The molecule has 28 heavy (non-hydrogen) atoms. The van der Waals surface area contributed by atoms with Crippen LogP contribution in [0, 0.1) is 0 Å². The number of hydrogen-bond donors (Lipinski definition) is 1. The van der Waals surface area contributed by atoms with Gasteiger partial charge in [-0.25, -0.2) is 0 Å². The molecule has 1 heterocycles. The summed E-state index contributed by atoms with van der Waals surface area (Å²) in [5, 5.41) is 3.05. The van der Waals surface area contributed by atoms with E-state index in [0.717, 1.165) is 31.9 Å². The van der Waals surface area contributed by atoms with Crippen LogP contribution >= 0.6 is 0 Å². The summed E-state index contributed by atoms with van der Waals surface area (Å²) in [6.45, 7) is 10.7. The van der Waals surface area contributed by atoms with Crippen molar-refractivity contribution in [1.29, 1.82) is 0 Å². The summed E-state index contributed by atoms with van der Waals surface area (Å²) in [4.78, 5) is 17.5. The summed E-state index contributed by atoms with van der Waals surface area (Å²) in [5.74, 6) is -0.0569. The topological polar surface area (TPSA) is 35.6 Å². The van der Waals surface area contributed by atoms with Gasteiger partial charge in [-0.3, -0.25) is 9.69 Å². The maximum atomic E-state index is 12.7. The molecule has 1 saturated heterocycles. The van der Waals surface area contributed by atoms with E-state index >= 15 is 0 Å². The Hall–Kier alpha value is -2.33. The van der Waals surface area contributed by atoms with Gasteiger partial charge in [0.05, 0.1) is 0 Å². The van der Waals surface area contributed by atoms with E-state index in [9.17, 15) is 4.79 Å². The number of nitrogens with one attached hydrogen (secondary N) is 1. The first kappa shape index (κ1) is 20.4. The highest BCUT2D eigenvalue weighted by Gasteiger charge is 2.13. The molecule has 0 aromatic heterocycles. The molecule has 2 aromatic rings. The van der Waals surface area contributed by atoms with Gasteiger partial charge in [0.25, 0.3) is 5.91 Å². The van der Waals surface area contributed by atoms with Crippen LogP contribution < -0.4 is 10.2 Å². The predicted molar refractivity (Wildman–Crippen MR) is 118 cm³/mol. The van der Waals surface area contributed by atoms with Gasteiger partial charge in [0.2, 0.25) is 0 Å². The molecule has 4 nitrogen and oxygen atoms in total. The van der Waals surface area contributed by atoms with Gasteiger partial charge < -0.3 is 10.2 Å². The lowest BCUT2D eigenvalue weighted by Crippen LogP contribution is -2.29. The van der Waals surface area contributed by atoms with E-state index in [4.69, 9.17) is 0 Å². The van der Waals surface area contributed by atoms with E-state index < -0.39 is 0 Å². The minimum atomic E-state index is -0.0569. The normalized spacial score (nSPS) is 14.5. The number of rotatable bonds is 7. The summed E-state index contributed by atoms with van der Waals surface area (Å²) < 4.78 is 0. The van der Waals surface area contributed by atoms with E-state index in [1.165, 1.54) is 30.5 Å². The zero-order chi connectivity index (χ0) is 19.9. The second-order valence-corrected chi connectivity index (χ2v) is 7.91. The first-order valence-electron chi connectivity index (χ1n) is 10.6. The van der Waals surface area contributed by atoms with Crippen LogP contribution in [0.3, 0.4) is 0 Å². The highest BCUT2D eigenvalue weighted by molar-refractivity contribution is 6.04. The lowest BCUT2D eigenvalue weighted by molar-refractivity contribution is 0.102. The van der Waals surface area contributed by atoms with Gasteiger partial charge in [0.1, 0.15) is 0 Å². The van der Waals surface area contributed by atoms with Crippen LogP contribution in [0.1, 0.15) is 56.0 Å². The molecule has 0 atom stereocenters. The molecule has 0 radical (unpaired) electrons. The molecule has 3 rings (SSSR count). The Morgan fingerprint density at radius 2 is 1.79 bits per heavy atom. The Morgan fingerprint density at radius 1 is 1.07 bits per heavy atom. The summed E-state index contributed by atoms with van der Waals surface area (Å²) >= 11 is 0. The standard InChI is InChI=1S/C24H33N3O/c1-4-26(19(2)3)18-20-11-13-21(14-12-20)24(28)25-22-9-8-10-23(17-22)27-15-6-5-7-16-27/h8-14,17,19H,4-7,15-16,18H2,1-3H3,(H,25,28). The van der Waals surface area contributed by atoms with Crippen molar-refractivity contribution >= 4 is 17.3 Å². The van der Waals surface area contributed by atoms with Crippen molar-refractivity contribution in [3.8, 4) is 0 Å². The van der Waals surface area contributed by atoms with Crippen LogP contribution in [0.2, 0.25) is 0 Å². The third-order valence-electron chi connectivity index (χ3n) is 5.56. The van der Waals surface area contributed by atoms with Crippen molar-refractivity contribution in [2.45, 2.75) is 52.6 Å². The number of carbonyl (C=O) groups excluding carboxylic acids is 1. The quantitative estimate of drug-likeness (QED) is 0.722. The van der Waals surface area contributed by atoms with Crippen molar-refractivity contribution < 1.29 is 4.79 Å². The van der Waals surface area contributed by atoms with E-state index in [0.29, 0.717) is 11.6 Å². The lowest BCUT2D eigenvalue weighted by Gasteiger charge is -2.29. The number of amides is 1. The Labute approximate surface area is 169 Å². The maximum absolute atomic E-state index is 12.7. The van der Waals surface area contributed by atoms with Crippen molar-refractivity contribution in [2.75, 3.05) is 29.9 Å². The predicted octanol–water partition coefficient (Wildman–Crippen LogP) is 5.16. The molecule has 0 saturated carbocycles. The van der Waals surface area contributed by atoms with Crippen LogP contribution in [-0.2, 0) is 6.54 Å². The van der Waals surface area contributed by atoms with Gasteiger partial charge in [-0.2, -0.15) is 0 Å². The highest BCUT2D eigenvalue weighted by Crippen LogP contribution is 2.23. The van der Waals surface area contributed by atoms with Gasteiger partial charge in [0, 0.05) is 42.6 Å². The fourth-order valence-corrected chi connectivity index (χ4v) is 3.79. The third-order valence-corrected chi connectivity index (χ3v) is 5.56. The molecule has 0 unspecified atom stereocenters. The number of carbonyl (C=O) groups is 1. The summed E-state index contributed by atoms with van der Waals surface area (Å²) in [5.41, 5.74) is 3.98. The van der Waals surface area contributed by atoms with Gasteiger partial charge in [-0.05, 0) is 75.5 Å². The monoisotopic (exact) mass is 379 g/mol. The minimum Gasteiger partial charge on any atom is -0.371 e. The van der Waals surface area contributed by atoms with E-state index in [2.05, 4.69) is 60.2 Å². The van der Waals surface area contributed by atoms with Gasteiger partial charge in [-0.1, -0.05) is 25.1 Å². The molecule has 1 amide bonds. The van der Waals surface area contributed by atoms with Crippen molar-refractivity contribution in [2.24, 2.45) is 0 Å². The third kappa shape index (κ3) is 5.35. The summed E-state index contributed by atoms with van der Waals surface area (Å²) in [7, 11) is 0. The summed E-state index contributed by atoms with van der Waals surface area (Å²) in [6, 6.07) is 16.7. The second-order valence-electron chi connectivity index (χ2n) is 7.91. The molecular formula is C24H33N3O. The molecular weight excluding hydrogens is 346 g/mol. The first-order chi connectivity index (χ1) is 13.6. The zero-order valence-electron chi connectivity index (χ0n) is 17.4. The van der Waals surface area contributed by atoms with Crippen LogP contribution in [0.15, 0.2) is 48.5 Å². The molecule has 0 spiro atoms. The molecule has 0 bridgehead atoms. The van der Waals surface area contributed by atoms with Crippen molar-refractivity contribution in [1.82, 2.24) is 4.90 Å². The zero-order valence-corrected chi connectivity index (χ0v) is 17.4. The number of nitrogens with zero attached hydrogens (tertiary/aromatic N) is 2. The van der Waals surface area contributed by atoms with E-state index in [-0.39, 0.29) is 5.91 Å². The molecule has 1 aliphatic heterocycles. The highest BCUT2D eigenvalue weighted by atomic mass is 16.1. The van der Waals surface area contributed by atoms with E-state index in [1.807, 2.05) is 24.3 Å². The molecule has 4 heteroatoms. The molecule has 2 aromatic carbocycles.